The number of carbonyl (C=O) groups is 11. The van der Waals surface area contributed by atoms with E-state index in [2.05, 4.69) is 107 Å². The van der Waals surface area contributed by atoms with E-state index in [1.54, 1.807) is 13.8 Å². The van der Waals surface area contributed by atoms with Gasteiger partial charge in [-0.1, -0.05) is 59.2 Å². The number of nitrogens with one attached hydrogen (secondary N) is 9. The van der Waals surface area contributed by atoms with Crippen LogP contribution in [0.4, 0.5) is 0 Å². The maximum Gasteiger partial charge on any atom is 1.00 e. The molecule has 45 heteroatoms. The van der Waals surface area contributed by atoms with E-state index in [1.165, 1.54) is 76.2 Å². The average molecular weight is 1650 g/mol. The summed E-state index contributed by atoms with van der Waals surface area (Å²) in [6.07, 6.45) is 5.37. The second-order valence-electron chi connectivity index (χ2n) is 24.7. The van der Waals surface area contributed by atoms with Crippen LogP contribution in [0, 0.1) is 0 Å². The first-order valence-electron chi connectivity index (χ1n) is 30.9. The van der Waals surface area contributed by atoms with Crippen molar-refractivity contribution in [2.75, 3.05) is 82.2 Å². The minimum Gasteiger partial charge on any atom is -0.748 e. The summed E-state index contributed by atoms with van der Waals surface area (Å²) in [5.74, 6) is -7.45. The molecule has 0 atom stereocenters. The molecule has 0 fully saturated rings. The Morgan fingerprint density at radius 1 is 0.367 bits per heavy atom. The molecule has 109 heavy (non-hydrogen) atoms. The number of amides is 9. The van der Waals surface area contributed by atoms with Gasteiger partial charge in [-0.25, -0.2) is 16.8 Å². The summed E-state index contributed by atoms with van der Waals surface area (Å²) in [5.41, 5.74) is -3.75. The maximum absolute atomic E-state index is 11.2. The molecule has 0 aliphatic carbocycles. The van der Waals surface area contributed by atoms with E-state index < -0.39 is 152 Å². The van der Waals surface area contributed by atoms with Gasteiger partial charge in [0.25, 0.3) is 20.2 Å². The number of carbonyl (C=O) groups excluding carboxylic acids is 9. The number of hydrogen-bond donors (Lipinski definition) is 18. The Kier molecular flexibility index (Phi) is 74.3. The normalized spacial score (nSPS) is 10.6. The number of hydrogen-bond acceptors (Lipinski definition) is 26. The van der Waals surface area contributed by atoms with Gasteiger partial charge in [-0.15, -0.1) is 0 Å². The molecule has 39 nitrogen and oxygen atoms in total. The summed E-state index contributed by atoms with van der Waals surface area (Å²) >= 11 is 0. The second kappa shape index (κ2) is 64.5. The molecule has 0 aromatic rings. The third-order valence-electron chi connectivity index (χ3n) is 10.5. The number of aliphatic hydroxyl groups is 5. The molecule has 0 aromatic heterocycles. The van der Waals surface area contributed by atoms with E-state index in [1.807, 2.05) is 0 Å². The molecule has 0 spiro atoms. The minimum absolute atomic E-state index is 0. The van der Waals surface area contributed by atoms with Crippen molar-refractivity contribution < 1.29 is 189 Å². The number of rotatable bonds is 37. The number of carboxylic acid groups (broad SMARTS) is 2. The zero-order chi connectivity index (χ0) is 87.0. The Balaban J connectivity index is -0.000000110. The first-order chi connectivity index (χ1) is 48.1. The molecular formula is C64H113LiN9NaO30S4. The number of aliphatic hydroxyl groups excluding tert-OH is 5. The maximum atomic E-state index is 11.2. The molecule has 0 aliphatic heterocycles. The fourth-order valence-corrected chi connectivity index (χ4v) is 9.67. The van der Waals surface area contributed by atoms with E-state index >= 15 is 0 Å². The molecule has 0 radical (unpaired) electrons. The van der Waals surface area contributed by atoms with Crippen LogP contribution >= 0.6 is 0 Å². The Morgan fingerprint density at radius 3 is 0.872 bits per heavy atom. The van der Waals surface area contributed by atoms with Crippen molar-refractivity contribution in [3.8, 4) is 0 Å². The van der Waals surface area contributed by atoms with Crippen molar-refractivity contribution in [2.24, 2.45) is 0 Å². The summed E-state index contributed by atoms with van der Waals surface area (Å²) < 4.78 is 122. The molecule has 0 rings (SSSR count). The first-order valence-corrected chi connectivity index (χ1v) is 37.2. The van der Waals surface area contributed by atoms with E-state index in [-0.39, 0.29) is 121 Å². The average Bonchev–Trinajstić information content (AvgIpc) is 0.902. The quantitative estimate of drug-likeness (QED) is 0.0119. The molecule has 18 N–H and O–H groups in total. The minimum atomic E-state index is -4.35. The monoisotopic (exact) mass is 1650 g/mol. The Labute approximate surface area is 674 Å². The predicted octanol–water partition coefficient (Wildman–Crippen LogP) is -8.03. The summed E-state index contributed by atoms with van der Waals surface area (Å²) in [6.45, 7) is 49.3. The molecule has 620 valence electrons. The summed E-state index contributed by atoms with van der Waals surface area (Å²) in [7, 11) is -16.9. The third kappa shape index (κ3) is 96.9. The third-order valence-corrected chi connectivity index (χ3v) is 14.8. The van der Waals surface area contributed by atoms with Gasteiger partial charge in [-0.2, -0.15) is 16.8 Å². The topological polar surface area (TPSA) is 661 Å². The van der Waals surface area contributed by atoms with Crippen molar-refractivity contribution in [1.82, 2.24) is 47.9 Å². The van der Waals surface area contributed by atoms with Crippen LogP contribution in [-0.4, -0.2) is 263 Å². The van der Waals surface area contributed by atoms with Gasteiger partial charge < -0.3 is 92.7 Å². The molecule has 0 aromatic carbocycles. The van der Waals surface area contributed by atoms with E-state index in [4.69, 9.17) is 44.9 Å². The van der Waals surface area contributed by atoms with Gasteiger partial charge in [-0.3, -0.25) is 61.8 Å². The molecule has 0 saturated heterocycles. The fraction of sp³-hybridized carbons (Fsp3) is 0.547. The van der Waals surface area contributed by atoms with E-state index in [9.17, 15) is 95.5 Å². The molecular weight excluding hydrogens is 1530 g/mol. The molecule has 0 aliphatic rings. The van der Waals surface area contributed by atoms with Crippen molar-refractivity contribution in [3.05, 3.63) is 111 Å². The standard InChI is InChI=1S/2C8H15NO4S.C8H15NO4.2C7H13NO4S.C7H11NO3.C7H13NO2.C6H9NO3.C6H11NO2.Li.Na/c2*1-6(2)7(10)9-8(3,4)5-14(11,12)13;1-6(2)7(13)9-8(3-10,4-11)5-12;2*1-4-6(9)8-7(2,3)5-13(10,11)12;1-2-6(9)8-5-3-4-7(10)11;1-6(2)7(10)8-4-3-5-9;1-2-5(8)7-4-3-6(9)10;1-5(2)6(9)7-3-4-8;;/h2*1,5H2,2-4H3,(H,9,10)(H,11,12,13);10-12H,1,3-5H2,2H3,(H,9,13);2*4H,1,5H2,2-3H3,(H,8,9)(H,10,11,12);2H,1,3-5H2,(H,8,9)(H,10,11);9H,1,3-5H2,2H3,(H,8,10);2H,1,3-4H2,(H,7,8)(H,9,10);8H,1,3-4H2,2H3,(H,7,9);;/q;;;;;;;;;2*+1/p-2. The number of aliphatic carboxylic acids is 2. The Bertz CT molecular complexity index is 3330. The first kappa shape index (κ1) is 126. The predicted molar refractivity (Wildman–Crippen MR) is 398 cm³/mol. The second-order valence-corrected chi connectivity index (χ2v) is 30.5. The SMILES string of the molecule is C=C(C)C(=O)NC(C)(C)CS(=O)(=O)O.C=C(C)C(=O)NC(C)(C)CS(=O)(=O)[O-].C=C(C)C(=O)NC(CO)(CO)CO.C=C(C)C(=O)NCCCO.C=C(C)C(=O)NCCO.C=CC(=O)NC(C)(C)CS(=O)(=O)O.C=CC(=O)NC(C)(C)CS(=O)(=O)[O-].C=CC(=O)NCCC(=O)O.C=CC(=O)NCCCC(=O)O.[Li+].[Na+]. The summed E-state index contributed by atoms with van der Waals surface area (Å²) in [5, 5.41) is 81.1. The molecule has 9 amide bonds. The van der Waals surface area contributed by atoms with Crippen LogP contribution in [0.25, 0.3) is 0 Å². The number of carboxylic acids is 2. The van der Waals surface area contributed by atoms with E-state index in [0.717, 1.165) is 24.3 Å². The van der Waals surface area contributed by atoms with E-state index in [0.29, 0.717) is 43.6 Å². The van der Waals surface area contributed by atoms with Crippen LogP contribution in [-0.2, 0) is 93.2 Å². The summed E-state index contributed by atoms with van der Waals surface area (Å²) in [6, 6.07) is 0. The van der Waals surface area contributed by atoms with Gasteiger partial charge in [0.05, 0.1) is 87.2 Å². The molecule has 0 bridgehead atoms. The van der Waals surface area contributed by atoms with Crippen LogP contribution in [0.5, 0.6) is 0 Å². The van der Waals surface area contributed by atoms with Gasteiger partial charge in [0.15, 0.2) is 0 Å². The van der Waals surface area contributed by atoms with Gasteiger partial charge in [0.1, 0.15) is 5.54 Å². The van der Waals surface area contributed by atoms with Crippen LogP contribution in [0.15, 0.2) is 111 Å². The van der Waals surface area contributed by atoms with Gasteiger partial charge in [0, 0.05) is 78.2 Å². The zero-order valence-corrected chi connectivity index (χ0v) is 70.2. The molecule has 0 unspecified atom stereocenters. The van der Waals surface area contributed by atoms with Crippen LogP contribution in [0.3, 0.4) is 0 Å². The Hall–Kier alpha value is -7.13. The van der Waals surface area contributed by atoms with Gasteiger partial charge in [0.2, 0.25) is 53.2 Å². The smallest absolute Gasteiger partial charge is 0.748 e. The largest absolute Gasteiger partial charge is 1.00 e. The molecule has 0 saturated carbocycles. The van der Waals surface area contributed by atoms with Crippen molar-refractivity contribution in [2.45, 2.75) is 143 Å². The zero-order valence-electron chi connectivity index (χ0n) is 64.9. The summed E-state index contributed by atoms with van der Waals surface area (Å²) in [4.78, 5) is 117. The van der Waals surface area contributed by atoms with Gasteiger partial charge >= 0.3 is 60.4 Å². The Morgan fingerprint density at radius 2 is 0.624 bits per heavy atom. The van der Waals surface area contributed by atoms with Crippen molar-refractivity contribution in [3.63, 3.8) is 0 Å². The van der Waals surface area contributed by atoms with Gasteiger partial charge in [-0.05, 0) is 127 Å². The van der Waals surface area contributed by atoms with Crippen LogP contribution in [0.2, 0.25) is 0 Å². The van der Waals surface area contributed by atoms with Crippen molar-refractivity contribution >= 4 is 106 Å². The molecule has 0 heterocycles. The van der Waals surface area contributed by atoms with Crippen LogP contribution in [0.1, 0.15) is 116 Å². The fourth-order valence-electron chi connectivity index (χ4n) is 5.79. The van der Waals surface area contributed by atoms with Crippen LogP contribution < -0.4 is 96.3 Å². The van der Waals surface area contributed by atoms with Crippen molar-refractivity contribution in [1.29, 1.82) is 0 Å².